The summed E-state index contributed by atoms with van der Waals surface area (Å²) >= 11 is 6.26. The van der Waals surface area contributed by atoms with E-state index in [1.54, 1.807) is 18.4 Å². The first kappa shape index (κ1) is 22.8. The van der Waals surface area contributed by atoms with E-state index in [0.29, 0.717) is 30.4 Å². The zero-order valence-corrected chi connectivity index (χ0v) is 19.2. The molecule has 172 valence electrons. The molecule has 0 bridgehead atoms. The molecule has 33 heavy (non-hydrogen) atoms. The van der Waals surface area contributed by atoms with Crippen molar-refractivity contribution in [2.45, 2.75) is 19.9 Å². The molecule has 1 aliphatic heterocycles. The number of carbonyl (C=O) groups excluding carboxylic acids is 2. The summed E-state index contributed by atoms with van der Waals surface area (Å²) in [6, 6.07) is 14.9. The fourth-order valence-electron chi connectivity index (χ4n) is 3.83. The second-order valence-electron chi connectivity index (χ2n) is 7.93. The van der Waals surface area contributed by atoms with Crippen molar-refractivity contribution >= 4 is 29.2 Å². The van der Waals surface area contributed by atoms with Crippen LogP contribution in [0.25, 0.3) is 11.3 Å². The number of nitrogens with zero attached hydrogens (tertiary/aromatic N) is 5. The molecule has 3 aromatic rings. The monoisotopic (exact) mass is 467 g/mol. The number of carbonyl (C=O) groups is 2. The Kier molecular flexibility index (Phi) is 7.24. The predicted octanol–water partition coefficient (Wildman–Crippen LogP) is 3.48. The second kappa shape index (κ2) is 10.5. The van der Waals surface area contributed by atoms with Crippen LogP contribution < -0.4 is 4.90 Å². The van der Waals surface area contributed by atoms with Crippen LogP contribution in [-0.2, 0) is 16.1 Å². The fraction of sp³-hybridized carbons (Fsp3) is 0.333. The number of halogens is 1. The van der Waals surface area contributed by atoms with Crippen LogP contribution in [-0.4, -0.2) is 64.5 Å². The van der Waals surface area contributed by atoms with E-state index in [1.807, 2.05) is 41.3 Å². The molecule has 2 amide bonds. The third-order valence-electron chi connectivity index (χ3n) is 5.67. The minimum atomic E-state index is -0.162. The molecule has 2 aromatic heterocycles. The topological polar surface area (TPSA) is 82.8 Å². The first-order valence-corrected chi connectivity index (χ1v) is 11.3. The first-order chi connectivity index (χ1) is 16.0. The van der Waals surface area contributed by atoms with E-state index in [0.717, 1.165) is 30.0 Å². The van der Waals surface area contributed by atoms with Gasteiger partial charge in [0.15, 0.2) is 5.82 Å². The molecule has 1 aromatic carbocycles. The second-order valence-corrected chi connectivity index (χ2v) is 8.34. The molecule has 0 radical (unpaired) electrons. The van der Waals surface area contributed by atoms with Gasteiger partial charge in [-0.05, 0) is 36.8 Å². The van der Waals surface area contributed by atoms with E-state index in [-0.39, 0.29) is 24.9 Å². The minimum absolute atomic E-state index is 0.0301. The Bertz CT molecular complexity index is 1090. The molecule has 0 saturated carbocycles. The van der Waals surface area contributed by atoms with E-state index in [9.17, 15) is 9.59 Å². The van der Waals surface area contributed by atoms with Crippen LogP contribution in [0.5, 0.6) is 0 Å². The molecular weight excluding hydrogens is 442 g/mol. The van der Waals surface area contributed by atoms with Crippen LogP contribution in [0.3, 0.4) is 0 Å². The lowest BCUT2D eigenvalue weighted by atomic mass is 10.1. The minimum Gasteiger partial charge on any atom is -0.467 e. The summed E-state index contributed by atoms with van der Waals surface area (Å²) in [6.07, 6.45) is 2.36. The molecule has 9 heteroatoms. The van der Waals surface area contributed by atoms with Crippen molar-refractivity contribution in [2.75, 3.05) is 37.6 Å². The molecule has 1 fully saturated rings. The van der Waals surface area contributed by atoms with Crippen LogP contribution in [0, 0.1) is 0 Å². The predicted molar refractivity (Wildman–Crippen MR) is 126 cm³/mol. The van der Waals surface area contributed by atoms with Crippen molar-refractivity contribution in [3.05, 3.63) is 65.6 Å². The molecule has 0 unspecified atom stereocenters. The zero-order chi connectivity index (χ0) is 23.2. The van der Waals surface area contributed by atoms with E-state index in [1.165, 1.54) is 11.8 Å². The van der Waals surface area contributed by atoms with Gasteiger partial charge in [-0.1, -0.05) is 29.8 Å². The standard InChI is InChI=1S/C24H26ClN5O3/c1-18(31)30(16-19-6-4-15-33-19)17-24(32)29-12-5-11-28(13-14-29)23-10-9-22(26-27-23)20-7-2-3-8-21(20)25/h2-4,6-10,15H,5,11-14,16-17H2,1H3. The van der Waals surface area contributed by atoms with Gasteiger partial charge in [0.25, 0.3) is 0 Å². The summed E-state index contributed by atoms with van der Waals surface area (Å²) in [6.45, 7) is 4.37. The number of amides is 2. The van der Waals surface area contributed by atoms with Crippen molar-refractivity contribution in [1.29, 1.82) is 0 Å². The van der Waals surface area contributed by atoms with E-state index >= 15 is 0 Å². The number of benzene rings is 1. The van der Waals surface area contributed by atoms with Gasteiger partial charge >= 0.3 is 0 Å². The number of hydrogen-bond donors (Lipinski definition) is 0. The maximum absolute atomic E-state index is 12.9. The average molecular weight is 468 g/mol. The Hall–Kier alpha value is -3.39. The number of furan rings is 1. The summed E-state index contributed by atoms with van der Waals surface area (Å²) in [5.41, 5.74) is 1.56. The van der Waals surface area contributed by atoms with Gasteiger partial charge in [-0.15, -0.1) is 10.2 Å². The van der Waals surface area contributed by atoms with E-state index in [2.05, 4.69) is 15.1 Å². The molecule has 8 nitrogen and oxygen atoms in total. The highest BCUT2D eigenvalue weighted by Gasteiger charge is 2.23. The van der Waals surface area contributed by atoms with Gasteiger partial charge in [0, 0.05) is 38.7 Å². The number of aromatic nitrogens is 2. The van der Waals surface area contributed by atoms with Crippen molar-refractivity contribution in [2.24, 2.45) is 0 Å². The molecular formula is C24H26ClN5O3. The lowest BCUT2D eigenvalue weighted by Gasteiger charge is -2.26. The summed E-state index contributed by atoms with van der Waals surface area (Å²) in [7, 11) is 0. The number of anilines is 1. The quantitative estimate of drug-likeness (QED) is 0.552. The van der Waals surface area contributed by atoms with Crippen molar-refractivity contribution in [1.82, 2.24) is 20.0 Å². The number of rotatable bonds is 6. The molecule has 3 heterocycles. The Balaban J connectivity index is 1.36. The normalized spacial score (nSPS) is 14.1. The first-order valence-electron chi connectivity index (χ1n) is 10.9. The van der Waals surface area contributed by atoms with Gasteiger partial charge in [0.2, 0.25) is 11.8 Å². The van der Waals surface area contributed by atoms with Crippen LogP contribution in [0.15, 0.2) is 59.2 Å². The van der Waals surface area contributed by atoms with Gasteiger partial charge < -0.3 is 19.1 Å². The summed E-state index contributed by atoms with van der Waals surface area (Å²) in [4.78, 5) is 30.4. The summed E-state index contributed by atoms with van der Waals surface area (Å²) in [5, 5.41) is 9.38. The molecule has 0 aliphatic carbocycles. The van der Waals surface area contributed by atoms with Crippen LogP contribution in [0.2, 0.25) is 5.02 Å². The van der Waals surface area contributed by atoms with Crippen molar-refractivity contribution in [3.63, 3.8) is 0 Å². The van der Waals surface area contributed by atoms with Gasteiger partial charge in [-0.2, -0.15) is 0 Å². The zero-order valence-electron chi connectivity index (χ0n) is 18.5. The third-order valence-corrected chi connectivity index (χ3v) is 6.00. The molecule has 4 rings (SSSR count). The Morgan fingerprint density at radius 3 is 2.58 bits per heavy atom. The number of hydrogen-bond acceptors (Lipinski definition) is 6. The smallest absolute Gasteiger partial charge is 0.242 e. The molecule has 0 N–H and O–H groups in total. The Labute approximate surface area is 197 Å². The highest BCUT2D eigenvalue weighted by Crippen LogP contribution is 2.26. The van der Waals surface area contributed by atoms with Crippen LogP contribution in [0.4, 0.5) is 5.82 Å². The molecule has 1 saturated heterocycles. The van der Waals surface area contributed by atoms with Crippen molar-refractivity contribution in [3.8, 4) is 11.3 Å². The van der Waals surface area contributed by atoms with Gasteiger partial charge in [-0.25, -0.2) is 0 Å². The highest BCUT2D eigenvalue weighted by atomic mass is 35.5. The van der Waals surface area contributed by atoms with E-state index < -0.39 is 0 Å². The van der Waals surface area contributed by atoms with Crippen LogP contribution >= 0.6 is 11.6 Å². The fourth-order valence-corrected chi connectivity index (χ4v) is 4.07. The molecule has 0 spiro atoms. The summed E-state index contributed by atoms with van der Waals surface area (Å²) in [5.74, 6) is 1.19. The lowest BCUT2D eigenvalue weighted by molar-refractivity contribution is -0.139. The van der Waals surface area contributed by atoms with Gasteiger partial charge in [-0.3, -0.25) is 9.59 Å². The Morgan fingerprint density at radius 1 is 1.03 bits per heavy atom. The third kappa shape index (κ3) is 5.70. The molecule has 1 aliphatic rings. The maximum atomic E-state index is 12.9. The molecule has 0 atom stereocenters. The maximum Gasteiger partial charge on any atom is 0.242 e. The van der Waals surface area contributed by atoms with E-state index in [4.69, 9.17) is 16.0 Å². The lowest BCUT2D eigenvalue weighted by Crippen LogP contribution is -2.43. The average Bonchev–Trinajstić information content (AvgIpc) is 3.20. The highest BCUT2D eigenvalue weighted by molar-refractivity contribution is 6.33. The summed E-state index contributed by atoms with van der Waals surface area (Å²) < 4.78 is 5.32. The van der Waals surface area contributed by atoms with Crippen molar-refractivity contribution < 1.29 is 14.0 Å². The Morgan fingerprint density at radius 2 is 1.88 bits per heavy atom. The van der Waals surface area contributed by atoms with Crippen LogP contribution in [0.1, 0.15) is 19.1 Å². The SMILES string of the molecule is CC(=O)N(CC(=O)N1CCCN(c2ccc(-c3ccccc3Cl)nn2)CC1)Cc1ccco1. The largest absolute Gasteiger partial charge is 0.467 e. The van der Waals surface area contributed by atoms with Gasteiger partial charge in [0.05, 0.1) is 23.5 Å². The van der Waals surface area contributed by atoms with Gasteiger partial charge in [0.1, 0.15) is 12.3 Å².